The molecule has 2 heterocycles. The molecule has 0 unspecified atom stereocenters. The number of hydrogen-bond donors (Lipinski definition) is 1. The first-order valence-corrected chi connectivity index (χ1v) is 6.92. The molecule has 2 aromatic rings. The van der Waals surface area contributed by atoms with Crippen LogP contribution in [0, 0.1) is 13.8 Å². The zero-order valence-electron chi connectivity index (χ0n) is 11.2. The standard InChI is InChI=1S/C13H16Cl2N4/c1-4-5-16-12-10(14)7-11(15)13(17-12)19-9(3)6-8(2)18-19/h6-7H,4-5H2,1-3H3,(H,16,17). The van der Waals surface area contributed by atoms with E-state index >= 15 is 0 Å². The molecule has 1 N–H and O–H groups in total. The molecular weight excluding hydrogens is 283 g/mol. The van der Waals surface area contributed by atoms with Gasteiger partial charge < -0.3 is 5.32 Å². The van der Waals surface area contributed by atoms with E-state index in [9.17, 15) is 0 Å². The molecule has 0 aromatic carbocycles. The van der Waals surface area contributed by atoms with Crippen molar-refractivity contribution in [3.8, 4) is 5.82 Å². The highest BCUT2D eigenvalue weighted by molar-refractivity contribution is 6.36. The van der Waals surface area contributed by atoms with Crippen LogP contribution in [0.15, 0.2) is 12.1 Å². The average Bonchev–Trinajstić information content (AvgIpc) is 2.67. The van der Waals surface area contributed by atoms with Crippen molar-refractivity contribution in [3.63, 3.8) is 0 Å². The van der Waals surface area contributed by atoms with Crippen molar-refractivity contribution in [2.75, 3.05) is 11.9 Å². The Bertz CT molecular complexity index is 593. The molecule has 0 saturated carbocycles. The van der Waals surface area contributed by atoms with E-state index in [2.05, 4.69) is 22.3 Å². The maximum absolute atomic E-state index is 6.22. The van der Waals surface area contributed by atoms with Gasteiger partial charge in [-0.3, -0.25) is 0 Å². The number of anilines is 1. The lowest BCUT2D eigenvalue weighted by atomic mass is 10.4. The fourth-order valence-electron chi connectivity index (χ4n) is 1.82. The number of aromatic nitrogens is 3. The molecule has 0 spiro atoms. The predicted octanol–water partition coefficient (Wildman–Crippen LogP) is 4.01. The van der Waals surface area contributed by atoms with E-state index in [1.807, 2.05) is 19.9 Å². The monoisotopic (exact) mass is 298 g/mol. The topological polar surface area (TPSA) is 42.7 Å². The number of halogens is 2. The van der Waals surface area contributed by atoms with Gasteiger partial charge in [-0.15, -0.1) is 0 Å². The van der Waals surface area contributed by atoms with Crippen LogP contribution in [0.25, 0.3) is 5.82 Å². The van der Waals surface area contributed by atoms with E-state index in [-0.39, 0.29) is 0 Å². The first kappa shape index (κ1) is 14.2. The molecule has 0 aliphatic rings. The second kappa shape index (κ2) is 5.80. The summed E-state index contributed by atoms with van der Waals surface area (Å²) < 4.78 is 1.73. The number of aryl methyl sites for hydroxylation is 2. The highest BCUT2D eigenvalue weighted by Gasteiger charge is 2.13. The van der Waals surface area contributed by atoms with Gasteiger partial charge in [-0.1, -0.05) is 30.1 Å². The quantitative estimate of drug-likeness (QED) is 0.927. The molecule has 0 amide bonds. The Morgan fingerprint density at radius 3 is 2.53 bits per heavy atom. The molecule has 0 radical (unpaired) electrons. The van der Waals surface area contributed by atoms with Crippen LogP contribution in [0.5, 0.6) is 0 Å². The van der Waals surface area contributed by atoms with Gasteiger partial charge in [0.05, 0.1) is 15.7 Å². The molecule has 0 fully saturated rings. The second-order valence-electron chi connectivity index (χ2n) is 4.39. The Morgan fingerprint density at radius 2 is 1.95 bits per heavy atom. The van der Waals surface area contributed by atoms with E-state index in [1.165, 1.54) is 0 Å². The van der Waals surface area contributed by atoms with Crippen LogP contribution in [-0.4, -0.2) is 21.3 Å². The predicted molar refractivity (Wildman–Crippen MR) is 79.6 cm³/mol. The molecular formula is C13H16Cl2N4. The number of hydrogen-bond acceptors (Lipinski definition) is 3. The van der Waals surface area contributed by atoms with Gasteiger partial charge >= 0.3 is 0 Å². The van der Waals surface area contributed by atoms with Gasteiger partial charge in [0, 0.05) is 12.2 Å². The molecule has 102 valence electrons. The lowest BCUT2D eigenvalue weighted by molar-refractivity contribution is 0.806. The molecule has 2 rings (SSSR count). The Hall–Kier alpha value is -1.26. The Kier molecular flexibility index (Phi) is 4.32. The van der Waals surface area contributed by atoms with Crippen molar-refractivity contribution in [2.24, 2.45) is 0 Å². The first-order chi connectivity index (χ1) is 9.02. The minimum absolute atomic E-state index is 0.484. The summed E-state index contributed by atoms with van der Waals surface area (Å²) >= 11 is 12.3. The molecule has 0 atom stereocenters. The lowest BCUT2D eigenvalue weighted by Gasteiger charge is -2.11. The zero-order chi connectivity index (χ0) is 14.0. The third kappa shape index (κ3) is 3.01. The van der Waals surface area contributed by atoms with Crippen molar-refractivity contribution < 1.29 is 0 Å². The van der Waals surface area contributed by atoms with Crippen molar-refractivity contribution in [2.45, 2.75) is 27.2 Å². The van der Waals surface area contributed by atoms with Gasteiger partial charge in [-0.2, -0.15) is 5.10 Å². The molecule has 2 aromatic heterocycles. The van der Waals surface area contributed by atoms with Crippen molar-refractivity contribution in [1.29, 1.82) is 0 Å². The Balaban J connectivity index is 2.48. The summed E-state index contributed by atoms with van der Waals surface area (Å²) in [6, 6.07) is 3.67. The van der Waals surface area contributed by atoms with E-state index < -0.39 is 0 Å². The van der Waals surface area contributed by atoms with Crippen LogP contribution in [0.3, 0.4) is 0 Å². The summed E-state index contributed by atoms with van der Waals surface area (Å²) in [6.07, 6.45) is 0.996. The van der Waals surface area contributed by atoms with Crippen LogP contribution < -0.4 is 5.32 Å². The van der Waals surface area contributed by atoms with Crippen LogP contribution in [-0.2, 0) is 0 Å². The molecule has 0 bridgehead atoms. The molecule has 0 saturated heterocycles. The third-order valence-electron chi connectivity index (χ3n) is 2.66. The number of pyridine rings is 1. The van der Waals surface area contributed by atoms with Crippen molar-refractivity contribution >= 4 is 29.0 Å². The van der Waals surface area contributed by atoms with Gasteiger partial charge in [0.25, 0.3) is 0 Å². The number of nitrogens with zero attached hydrogens (tertiary/aromatic N) is 3. The highest BCUT2D eigenvalue weighted by Crippen LogP contribution is 2.28. The number of rotatable bonds is 4. The summed E-state index contributed by atoms with van der Waals surface area (Å²) in [6.45, 7) is 6.79. The van der Waals surface area contributed by atoms with Gasteiger partial charge in [0.1, 0.15) is 5.82 Å². The highest BCUT2D eigenvalue weighted by atomic mass is 35.5. The number of nitrogens with one attached hydrogen (secondary N) is 1. The lowest BCUT2D eigenvalue weighted by Crippen LogP contribution is -2.08. The van der Waals surface area contributed by atoms with Crippen LogP contribution in [0.4, 0.5) is 5.82 Å². The van der Waals surface area contributed by atoms with Gasteiger partial charge in [-0.25, -0.2) is 9.67 Å². The summed E-state index contributed by atoms with van der Waals surface area (Å²) in [7, 11) is 0. The summed E-state index contributed by atoms with van der Waals surface area (Å²) in [5.74, 6) is 1.23. The van der Waals surface area contributed by atoms with E-state index in [4.69, 9.17) is 23.2 Å². The average molecular weight is 299 g/mol. The second-order valence-corrected chi connectivity index (χ2v) is 5.20. The Labute approximate surface area is 122 Å². The van der Waals surface area contributed by atoms with Gasteiger partial charge in [-0.05, 0) is 32.4 Å². The maximum atomic E-state index is 6.22. The summed E-state index contributed by atoms with van der Waals surface area (Å²) in [5, 5.41) is 8.58. The smallest absolute Gasteiger partial charge is 0.174 e. The Morgan fingerprint density at radius 1 is 1.21 bits per heavy atom. The molecule has 0 aliphatic heterocycles. The normalized spacial score (nSPS) is 10.8. The molecule has 4 nitrogen and oxygen atoms in total. The third-order valence-corrected chi connectivity index (χ3v) is 3.23. The zero-order valence-corrected chi connectivity index (χ0v) is 12.7. The first-order valence-electron chi connectivity index (χ1n) is 6.16. The van der Waals surface area contributed by atoms with Crippen LogP contribution in [0.1, 0.15) is 24.7 Å². The fraction of sp³-hybridized carbons (Fsp3) is 0.385. The van der Waals surface area contributed by atoms with Crippen molar-refractivity contribution in [3.05, 3.63) is 33.6 Å². The van der Waals surface area contributed by atoms with E-state index in [0.717, 1.165) is 24.4 Å². The minimum atomic E-state index is 0.484. The molecule has 19 heavy (non-hydrogen) atoms. The molecule has 6 heteroatoms. The SMILES string of the molecule is CCCNc1nc(-n2nc(C)cc2C)c(Cl)cc1Cl. The summed E-state index contributed by atoms with van der Waals surface area (Å²) in [5.41, 5.74) is 1.91. The van der Waals surface area contributed by atoms with Crippen LogP contribution >= 0.6 is 23.2 Å². The largest absolute Gasteiger partial charge is 0.369 e. The van der Waals surface area contributed by atoms with Gasteiger partial charge in [0.2, 0.25) is 0 Å². The summed E-state index contributed by atoms with van der Waals surface area (Å²) in [4.78, 5) is 4.48. The van der Waals surface area contributed by atoms with Crippen LogP contribution in [0.2, 0.25) is 10.0 Å². The van der Waals surface area contributed by atoms with Crippen molar-refractivity contribution in [1.82, 2.24) is 14.8 Å². The molecule has 0 aliphatic carbocycles. The minimum Gasteiger partial charge on any atom is -0.369 e. The van der Waals surface area contributed by atoms with E-state index in [0.29, 0.717) is 21.7 Å². The fourth-order valence-corrected chi connectivity index (χ4v) is 2.32. The van der Waals surface area contributed by atoms with E-state index in [1.54, 1.807) is 10.7 Å². The van der Waals surface area contributed by atoms with Gasteiger partial charge in [0.15, 0.2) is 5.82 Å². The maximum Gasteiger partial charge on any atom is 0.174 e.